The number of hydrogen-bond acceptors (Lipinski definition) is 2. The van der Waals surface area contributed by atoms with Gasteiger partial charge in [0.15, 0.2) is 5.58 Å². The maximum absolute atomic E-state index is 7.33. The number of para-hydroxylation sites is 2. The van der Waals surface area contributed by atoms with Crippen molar-refractivity contribution in [2.75, 3.05) is 4.90 Å². The molecule has 286 valence electrons. The Balaban J connectivity index is 1.18. The molecule has 0 saturated heterocycles. The summed E-state index contributed by atoms with van der Waals surface area (Å²) >= 11 is 0. The van der Waals surface area contributed by atoms with Gasteiger partial charge in [0.25, 0.3) is 0 Å². The highest BCUT2D eigenvalue weighted by atomic mass is 16.3. The van der Waals surface area contributed by atoms with E-state index in [1.165, 1.54) is 44.2 Å². The van der Waals surface area contributed by atoms with Crippen LogP contribution in [0.4, 0.5) is 17.1 Å². The van der Waals surface area contributed by atoms with Gasteiger partial charge >= 0.3 is 0 Å². The van der Waals surface area contributed by atoms with Crippen LogP contribution < -0.4 is 4.90 Å². The molecule has 0 spiro atoms. The predicted octanol–water partition coefficient (Wildman–Crippen LogP) is 15.9. The van der Waals surface area contributed by atoms with Crippen molar-refractivity contribution in [1.82, 2.24) is 0 Å². The van der Waals surface area contributed by atoms with Gasteiger partial charge in [-0.25, -0.2) is 0 Å². The van der Waals surface area contributed by atoms with Crippen LogP contribution in [0.5, 0.6) is 0 Å². The minimum atomic E-state index is -0.550. The molecule has 0 bridgehead atoms. The smallest absolute Gasteiger partial charge is 0.159 e. The van der Waals surface area contributed by atoms with E-state index in [0.29, 0.717) is 0 Å². The van der Waals surface area contributed by atoms with Gasteiger partial charge < -0.3 is 9.32 Å². The second kappa shape index (κ2) is 14.1. The molecule has 1 heterocycles. The Kier molecular flexibility index (Phi) is 8.11. The summed E-state index contributed by atoms with van der Waals surface area (Å²) in [6.07, 6.45) is 0. The molecule has 0 radical (unpaired) electrons. The van der Waals surface area contributed by atoms with E-state index < -0.39 is 5.41 Å². The Morgan fingerprint density at radius 2 is 0.902 bits per heavy atom. The molecule has 0 fully saturated rings. The molecule has 11 aromatic rings. The van der Waals surface area contributed by atoms with Crippen LogP contribution in [0, 0.1) is 0 Å². The fourth-order valence-electron chi connectivity index (χ4n) is 10.2. The van der Waals surface area contributed by atoms with E-state index in [1.807, 2.05) is 0 Å². The van der Waals surface area contributed by atoms with Crippen molar-refractivity contribution in [3.63, 3.8) is 0 Å². The summed E-state index contributed by atoms with van der Waals surface area (Å²) < 4.78 is 7.33. The monoisotopic (exact) mass is 777 g/mol. The molecule has 0 N–H and O–H groups in total. The van der Waals surface area contributed by atoms with Crippen LogP contribution in [0.3, 0.4) is 0 Å². The van der Waals surface area contributed by atoms with Crippen LogP contribution in [-0.4, -0.2) is 0 Å². The lowest BCUT2D eigenvalue weighted by Crippen LogP contribution is -2.28. The number of furan rings is 1. The third-order valence-electron chi connectivity index (χ3n) is 12.7. The van der Waals surface area contributed by atoms with Gasteiger partial charge in [-0.05, 0) is 85.6 Å². The number of hydrogen-bond donors (Lipinski definition) is 0. The second-order valence-corrected chi connectivity index (χ2v) is 15.9. The molecule has 1 aliphatic carbocycles. The topological polar surface area (TPSA) is 16.4 Å². The summed E-state index contributed by atoms with van der Waals surface area (Å²) in [6.45, 7) is 0. The van der Waals surface area contributed by atoms with E-state index >= 15 is 0 Å². The highest BCUT2D eigenvalue weighted by Gasteiger charge is 2.46. The molecule has 10 aromatic carbocycles. The summed E-state index contributed by atoms with van der Waals surface area (Å²) in [5.41, 5.74) is 16.3. The van der Waals surface area contributed by atoms with Crippen LogP contribution in [-0.2, 0) is 5.41 Å². The van der Waals surface area contributed by atoms with Crippen LogP contribution in [0.15, 0.2) is 241 Å². The first-order valence-corrected chi connectivity index (χ1v) is 21.0. The van der Waals surface area contributed by atoms with Gasteiger partial charge in [-0.15, -0.1) is 0 Å². The Morgan fingerprint density at radius 1 is 0.344 bits per heavy atom. The second-order valence-electron chi connectivity index (χ2n) is 15.9. The van der Waals surface area contributed by atoms with Crippen molar-refractivity contribution < 1.29 is 4.42 Å². The number of nitrogens with zero attached hydrogens (tertiary/aromatic N) is 1. The van der Waals surface area contributed by atoms with Gasteiger partial charge in [-0.2, -0.15) is 0 Å². The molecule has 0 unspecified atom stereocenters. The number of anilines is 3. The van der Waals surface area contributed by atoms with Gasteiger partial charge in [-0.3, -0.25) is 0 Å². The zero-order chi connectivity index (χ0) is 40.3. The summed E-state index contributed by atoms with van der Waals surface area (Å²) in [6, 6.07) is 85.8. The molecule has 0 atom stereocenters. The molecule has 0 amide bonds. The molecular weight excluding hydrogens is 739 g/mol. The van der Waals surface area contributed by atoms with Gasteiger partial charge in [0.1, 0.15) is 5.58 Å². The number of fused-ring (bicyclic) bond motifs is 7. The summed E-state index contributed by atoms with van der Waals surface area (Å²) in [7, 11) is 0. The molecule has 0 saturated carbocycles. The van der Waals surface area contributed by atoms with Crippen molar-refractivity contribution in [2.45, 2.75) is 5.41 Å². The van der Waals surface area contributed by atoms with Gasteiger partial charge in [0.2, 0.25) is 0 Å². The zero-order valence-electron chi connectivity index (χ0n) is 33.4. The highest BCUT2D eigenvalue weighted by molar-refractivity contribution is 6.20. The molecule has 2 heteroatoms. The van der Waals surface area contributed by atoms with Gasteiger partial charge in [0, 0.05) is 27.6 Å². The quantitative estimate of drug-likeness (QED) is 0.160. The zero-order valence-corrected chi connectivity index (χ0v) is 33.4. The molecular formula is C59H39NO. The maximum Gasteiger partial charge on any atom is 0.159 e. The van der Waals surface area contributed by atoms with Gasteiger partial charge in [-0.1, -0.05) is 206 Å². The SMILES string of the molecule is c1ccc(-c2ccccc2N(c2ccc3c(c2)C(c2ccccc2)(c2ccccc2)c2ccccc2-3)c2cccc3c2oc2c(-c4ccccc4)c4ccccc4cc23)cc1. The van der Waals surface area contributed by atoms with Crippen molar-refractivity contribution in [3.8, 4) is 33.4 Å². The lowest BCUT2D eigenvalue weighted by atomic mass is 9.67. The van der Waals surface area contributed by atoms with Crippen molar-refractivity contribution in [1.29, 1.82) is 0 Å². The van der Waals surface area contributed by atoms with E-state index in [-0.39, 0.29) is 0 Å². The lowest BCUT2D eigenvalue weighted by Gasteiger charge is -2.35. The summed E-state index contributed by atoms with van der Waals surface area (Å²) in [5.74, 6) is 0. The van der Waals surface area contributed by atoms with Crippen molar-refractivity contribution in [3.05, 3.63) is 259 Å². The molecule has 61 heavy (non-hydrogen) atoms. The van der Waals surface area contributed by atoms with Crippen LogP contribution in [0.2, 0.25) is 0 Å². The minimum Gasteiger partial charge on any atom is -0.453 e. The van der Waals surface area contributed by atoms with Crippen LogP contribution >= 0.6 is 0 Å². The Labute approximate surface area is 355 Å². The fraction of sp³-hybridized carbons (Fsp3) is 0.0169. The number of benzene rings is 10. The Morgan fingerprint density at radius 3 is 1.64 bits per heavy atom. The van der Waals surface area contributed by atoms with E-state index in [2.05, 4.69) is 241 Å². The molecule has 1 aliphatic rings. The average Bonchev–Trinajstić information content (AvgIpc) is 3.86. The first-order chi connectivity index (χ1) is 30.3. The first kappa shape index (κ1) is 35.0. The number of rotatable bonds is 7. The van der Waals surface area contributed by atoms with E-state index in [4.69, 9.17) is 4.42 Å². The van der Waals surface area contributed by atoms with Crippen LogP contribution in [0.1, 0.15) is 22.3 Å². The van der Waals surface area contributed by atoms with E-state index in [9.17, 15) is 0 Å². The summed E-state index contributed by atoms with van der Waals surface area (Å²) in [4.78, 5) is 2.43. The largest absolute Gasteiger partial charge is 0.453 e. The minimum absolute atomic E-state index is 0.550. The molecule has 12 rings (SSSR count). The standard InChI is InChI=1S/C59H39NO/c1-5-20-40(21-6-1)46-29-16-18-34-54(46)60(55-35-19-32-50-51-38-42-24-13-14-30-47(42)56(58(51)61-57(50)55)41-22-7-2-8-23-41)45-36-37-49-48-31-15-17-33-52(48)59(53(49)39-45,43-25-9-3-10-26-43)44-27-11-4-12-28-44/h1-39H. The fourth-order valence-corrected chi connectivity index (χ4v) is 10.2. The maximum atomic E-state index is 7.33. The van der Waals surface area contributed by atoms with Crippen molar-refractivity contribution >= 4 is 49.8 Å². The third-order valence-corrected chi connectivity index (χ3v) is 12.7. The average molecular weight is 778 g/mol. The summed E-state index contributed by atoms with van der Waals surface area (Å²) in [5, 5.41) is 4.53. The third kappa shape index (κ3) is 5.36. The highest BCUT2D eigenvalue weighted by Crippen LogP contribution is 2.58. The first-order valence-electron chi connectivity index (χ1n) is 21.0. The molecule has 2 nitrogen and oxygen atoms in total. The Bertz CT molecular complexity index is 3370. The Hall–Kier alpha value is -7.94. The van der Waals surface area contributed by atoms with Gasteiger partial charge in [0.05, 0.1) is 16.8 Å². The van der Waals surface area contributed by atoms with Crippen LogP contribution in [0.25, 0.3) is 66.1 Å². The lowest BCUT2D eigenvalue weighted by molar-refractivity contribution is 0.670. The predicted molar refractivity (Wildman–Crippen MR) is 254 cm³/mol. The molecule has 1 aromatic heterocycles. The van der Waals surface area contributed by atoms with Crippen molar-refractivity contribution in [2.24, 2.45) is 0 Å². The normalized spacial score (nSPS) is 12.7. The van der Waals surface area contributed by atoms with E-state index in [1.54, 1.807) is 0 Å². The molecule has 0 aliphatic heterocycles. The van der Waals surface area contributed by atoms with E-state index in [0.717, 1.165) is 61.3 Å².